The molecule has 2 aromatic rings. The lowest BCUT2D eigenvalue weighted by Gasteiger charge is -2.09. The van der Waals surface area contributed by atoms with Crippen LogP contribution >= 0.6 is 0 Å². The van der Waals surface area contributed by atoms with E-state index in [1.54, 1.807) is 30.3 Å². The van der Waals surface area contributed by atoms with Crippen molar-refractivity contribution in [2.75, 3.05) is 5.32 Å². The molecule has 0 bridgehead atoms. The Morgan fingerprint density at radius 1 is 0.941 bits per heavy atom. The smallest absolute Gasteiger partial charge is 0.146 e. The second-order valence-corrected chi connectivity index (χ2v) is 3.62. The maximum Gasteiger partial charge on any atom is 0.146 e. The van der Waals surface area contributed by atoms with Crippen molar-refractivity contribution in [3.63, 3.8) is 0 Å². The summed E-state index contributed by atoms with van der Waals surface area (Å²) in [5, 5.41) is 2.70. The normalized spacial score (nSPS) is 10.3. The summed E-state index contributed by atoms with van der Waals surface area (Å²) < 4.78 is 27.0. The fraction of sp³-hybridized carbons (Fsp3) is 0.0769. The lowest BCUT2D eigenvalue weighted by molar-refractivity contribution is 0.624. The van der Waals surface area contributed by atoms with E-state index in [0.717, 1.165) is 0 Å². The van der Waals surface area contributed by atoms with Crippen molar-refractivity contribution in [3.05, 3.63) is 59.7 Å². The summed E-state index contributed by atoms with van der Waals surface area (Å²) in [5.41, 5.74) is 6.57. The van der Waals surface area contributed by atoms with E-state index in [0.29, 0.717) is 5.56 Å². The molecule has 2 rings (SSSR count). The third kappa shape index (κ3) is 2.60. The van der Waals surface area contributed by atoms with Crippen LogP contribution in [0.2, 0.25) is 0 Å². The number of nitrogens with two attached hydrogens (primary N) is 1. The van der Waals surface area contributed by atoms with E-state index in [2.05, 4.69) is 5.32 Å². The van der Waals surface area contributed by atoms with Crippen LogP contribution in [0.25, 0.3) is 0 Å². The zero-order valence-corrected chi connectivity index (χ0v) is 9.08. The van der Waals surface area contributed by atoms with E-state index in [4.69, 9.17) is 5.73 Å². The minimum atomic E-state index is -0.448. The Kier molecular flexibility index (Phi) is 3.35. The fourth-order valence-electron chi connectivity index (χ4n) is 1.49. The van der Waals surface area contributed by atoms with Crippen LogP contribution in [0.4, 0.5) is 20.2 Å². The summed E-state index contributed by atoms with van der Waals surface area (Å²) in [6, 6.07) is 10.7. The highest BCUT2D eigenvalue weighted by Gasteiger charge is 2.06. The molecule has 0 aliphatic heterocycles. The third-order valence-corrected chi connectivity index (χ3v) is 2.41. The van der Waals surface area contributed by atoms with Gasteiger partial charge >= 0.3 is 0 Å². The van der Waals surface area contributed by atoms with Crippen molar-refractivity contribution in [2.45, 2.75) is 6.54 Å². The van der Waals surface area contributed by atoms with Crippen LogP contribution in [-0.4, -0.2) is 0 Å². The first-order valence-electron chi connectivity index (χ1n) is 5.21. The van der Waals surface area contributed by atoms with Crippen LogP contribution in [0, 0.1) is 11.6 Å². The molecule has 0 aliphatic rings. The van der Waals surface area contributed by atoms with Gasteiger partial charge in [0.15, 0.2) is 0 Å². The molecule has 2 nitrogen and oxygen atoms in total. The molecule has 0 saturated carbocycles. The Morgan fingerprint density at radius 2 is 1.65 bits per heavy atom. The van der Waals surface area contributed by atoms with Gasteiger partial charge in [0.05, 0.1) is 11.4 Å². The molecule has 0 aliphatic carbocycles. The number of benzene rings is 2. The van der Waals surface area contributed by atoms with Crippen molar-refractivity contribution < 1.29 is 8.78 Å². The van der Waals surface area contributed by atoms with Crippen molar-refractivity contribution >= 4 is 11.4 Å². The standard InChI is InChI=1S/C13H12F2N2/c14-10-3-1-2-4-12(10)17-13-6-5-9(8-16)7-11(13)15/h1-7,17H,8,16H2. The SMILES string of the molecule is NCc1ccc(Nc2ccccc2F)c(F)c1. The van der Waals surface area contributed by atoms with E-state index in [9.17, 15) is 8.78 Å². The van der Waals surface area contributed by atoms with Crippen LogP contribution in [0.5, 0.6) is 0 Å². The van der Waals surface area contributed by atoms with Gasteiger partial charge in [-0.2, -0.15) is 0 Å². The highest BCUT2D eigenvalue weighted by Crippen LogP contribution is 2.22. The summed E-state index contributed by atoms with van der Waals surface area (Å²) in [6.07, 6.45) is 0. The van der Waals surface area contributed by atoms with Gasteiger partial charge in [-0.15, -0.1) is 0 Å². The summed E-state index contributed by atoms with van der Waals surface area (Å²) in [4.78, 5) is 0. The Morgan fingerprint density at radius 3 is 2.29 bits per heavy atom. The maximum atomic E-state index is 13.6. The number of hydrogen-bond acceptors (Lipinski definition) is 2. The van der Waals surface area contributed by atoms with Crippen LogP contribution in [-0.2, 0) is 6.54 Å². The average molecular weight is 234 g/mol. The summed E-state index contributed by atoms with van der Waals surface area (Å²) in [7, 11) is 0. The maximum absolute atomic E-state index is 13.6. The number of rotatable bonds is 3. The van der Waals surface area contributed by atoms with Gasteiger partial charge in [-0.25, -0.2) is 8.78 Å². The van der Waals surface area contributed by atoms with Gasteiger partial charge in [-0.05, 0) is 29.8 Å². The molecule has 0 atom stereocenters. The fourth-order valence-corrected chi connectivity index (χ4v) is 1.49. The predicted molar refractivity (Wildman–Crippen MR) is 64.0 cm³/mol. The first kappa shape index (κ1) is 11.5. The number of para-hydroxylation sites is 1. The van der Waals surface area contributed by atoms with Crippen LogP contribution in [0.1, 0.15) is 5.56 Å². The lowest BCUT2D eigenvalue weighted by Crippen LogP contribution is -2.00. The molecule has 2 aromatic carbocycles. The van der Waals surface area contributed by atoms with Gasteiger partial charge < -0.3 is 11.1 Å². The van der Waals surface area contributed by atoms with Crippen molar-refractivity contribution in [2.24, 2.45) is 5.73 Å². The molecule has 0 heterocycles. The Labute approximate surface area is 98.1 Å². The third-order valence-electron chi connectivity index (χ3n) is 2.41. The van der Waals surface area contributed by atoms with Crippen LogP contribution in [0.15, 0.2) is 42.5 Å². The zero-order valence-electron chi connectivity index (χ0n) is 9.08. The highest BCUT2D eigenvalue weighted by atomic mass is 19.1. The van der Waals surface area contributed by atoms with E-state index < -0.39 is 11.6 Å². The minimum absolute atomic E-state index is 0.229. The number of hydrogen-bond donors (Lipinski definition) is 2. The molecule has 0 unspecified atom stereocenters. The molecular formula is C13H12F2N2. The largest absolute Gasteiger partial charge is 0.351 e. The molecule has 88 valence electrons. The molecule has 0 aromatic heterocycles. The van der Waals surface area contributed by atoms with Gasteiger partial charge in [0.25, 0.3) is 0 Å². The van der Waals surface area contributed by atoms with Gasteiger partial charge in [-0.3, -0.25) is 0 Å². The lowest BCUT2D eigenvalue weighted by atomic mass is 10.2. The molecule has 3 N–H and O–H groups in total. The molecule has 17 heavy (non-hydrogen) atoms. The van der Waals surface area contributed by atoms with E-state index in [1.807, 2.05) is 0 Å². The van der Waals surface area contributed by atoms with Gasteiger partial charge in [0.2, 0.25) is 0 Å². The summed E-state index contributed by atoms with van der Waals surface area (Å²) in [6.45, 7) is 0.275. The first-order valence-corrected chi connectivity index (χ1v) is 5.21. The number of halogens is 2. The molecule has 4 heteroatoms. The molecule has 0 saturated heterocycles. The quantitative estimate of drug-likeness (QED) is 0.856. The summed E-state index contributed by atoms with van der Waals surface area (Å²) in [5.74, 6) is -0.869. The highest BCUT2D eigenvalue weighted by molar-refractivity contribution is 5.61. The number of anilines is 2. The Balaban J connectivity index is 2.28. The molecule has 0 fully saturated rings. The number of nitrogens with one attached hydrogen (secondary N) is 1. The molecule has 0 amide bonds. The first-order chi connectivity index (χ1) is 8.20. The van der Waals surface area contributed by atoms with Gasteiger partial charge in [0.1, 0.15) is 11.6 Å². The molecule has 0 radical (unpaired) electrons. The monoisotopic (exact) mass is 234 g/mol. The van der Waals surface area contributed by atoms with E-state index in [-0.39, 0.29) is 17.9 Å². The predicted octanol–water partition coefficient (Wildman–Crippen LogP) is 3.17. The average Bonchev–Trinajstić information content (AvgIpc) is 2.34. The summed E-state index contributed by atoms with van der Waals surface area (Å²) >= 11 is 0. The zero-order chi connectivity index (χ0) is 12.3. The van der Waals surface area contributed by atoms with Gasteiger partial charge in [0, 0.05) is 6.54 Å². The van der Waals surface area contributed by atoms with E-state index >= 15 is 0 Å². The van der Waals surface area contributed by atoms with Crippen molar-refractivity contribution in [3.8, 4) is 0 Å². The second kappa shape index (κ2) is 4.93. The van der Waals surface area contributed by atoms with Gasteiger partial charge in [-0.1, -0.05) is 18.2 Å². The second-order valence-electron chi connectivity index (χ2n) is 3.62. The van der Waals surface area contributed by atoms with E-state index in [1.165, 1.54) is 12.1 Å². The van der Waals surface area contributed by atoms with Crippen LogP contribution < -0.4 is 11.1 Å². The minimum Gasteiger partial charge on any atom is -0.351 e. The van der Waals surface area contributed by atoms with Crippen molar-refractivity contribution in [1.29, 1.82) is 0 Å². The topological polar surface area (TPSA) is 38.0 Å². The van der Waals surface area contributed by atoms with Crippen LogP contribution in [0.3, 0.4) is 0 Å². The van der Waals surface area contributed by atoms with Crippen molar-refractivity contribution in [1.82, 2.24) is 0 Å². The Bertz CT molecular complexity index is 527. The Hall–Kier alpha value is -1.94. The molecule has 0 spiro atoms. The molecular weight excluding hydrogens is 222 g/mol.